The molecule has 9 nitrogen and oxygen atoms in total. The SMILES string of the molecule is Cc1noc(C)c1S(=O)(=O)N1CCC[C@@H](c2nnc(C(=O)Nc3ccc(F)cc3)s2)C1. The van der Waals surface area contributed by atoms with Crippen molar-refractivity contribution in [1.29, 1.82) is 0 Å². The number of aromatic nitrogens is 3. The number of piperidine rings is 1. The van der Waals surface area contributed by atoms with Crippen molar-refractivity contribution in [2.24, 2.45) is 0 Å². The maximum Gasteiger partial charge on any atom is 0.286 e. The van der Waals surface area contributed by atoms with Crippen molar-refractivity contribution >= 4 is 33.0 Å². The van der Waals surface area contributed by atoms with Crippen LogP contribution >= 0.6 is 11.3 Å². The van der Waals surface area contributed by atoms with Crippen LogP contribution in [-0.4, -0.2) is 47.1 Å². The molecule has 1 saturated heterocycles. The second-order valence-corrected chi connectivity index (χ2v) is 10.1. The highest BCUT2D eigenvalue weighted by Gasteiger charge is 2.36. The molecule has 1 aliphatic heterocycles. The van der Waals surface area contributed by atoms with E-state index in [9.17, 15) is 17.6 Å². The largest absolute Gasteiger partial charge is 0.360 e. The van der Waals surface area contributed by atoms with Crippen LogP contribution in [0.2, 0.25) is 0 Å². The molecule has 31 heavy (non-hydrogen) atoms. The Kier molecular flexibility index (Phi) is 5.86. The summed E-state index contributed by atoms with van der Waals surface area (Å²) in [7, 11) is -3.75. The summed E-state index contributed by atoms with van der Waals surface area (Å²) in [5, 5.41) is 15.2. The molecule has 3 heterocycles. The van der Waals surface area contributed by atoms with E-state index in [-0.39, 0.29) is 28.1 Å². The van der Waals surface area contributed by atoms with E-state index in [0.29, 0.717) is 29.4 Å². The Hall–Kier alpha value is -2.70. The van der Waals surface area contributed by atoms with Crippen molar-refractivity contribution in [1.82, 2.24) is 19.7 Å². The van der Waals surface area contributed by atoms with Gasteiger partial charge in [-0.15, -0.1) is 10.2 Å². The van der Waals surface area contributed by atoms with Gasteiger partial charge < -0.3 is 9.84 Å². The number of hydrogen-bond acceptors (Lipinski definition) is 8. The number of anilines is 1. The number of halogens is 1. The van der Waals surface area contributed by atoms with Crippen LogP contribution in [0.25, 0.3) is 0 Å². The Morgan fingerprint density at radius 2 is 2.00 bits per heavy atom. The first-order chi connectivity index (χ1) is 14.8. The molecule has 0 spiro atoms. The number of rotatable bonds is 5. The predicted octanol–water partition coefficient (Wildman–Crippen LogP) is 3.10. The van der Waals surface area contributed by atoms with Gasteiger partial charge in [0.25, 0.3) is 5.91 Å². The van der Waals surface area contributed by atoms with Crippen molar-refractivity contribution in [3.8, 4) is 0 Å². The van der Waals surface area contributed by atoms with Gasteiger partial charge in [-0.2, -0.15) is 4.31 Å². The third kappa shape index (κ3) is 4.36. The Morgan fingerprint density at radius 1 is 1.26 bits per heavy atom. The van der Waals surface area contributed by atoms with E-state index in [1.165, 1.54) is 28.6 Å². The molecule has 0 bridgehead atoms. The molecule has 1 N–H and O–H groups in total. The van der Waals surface area contributed by atoms with E-state index in [0.717, 1.165) is 17.8 Å². The molecule has 3 aromatic rings. The lowest BCUT2D eigenvalue weighted by atomic mass is 10.0. The third-order valence-electron chi connectivity index (χ3n) is 5.04. The zero-order chi connectivity index (χ0) is 22.2. The van der Waals surface area contributed by atoms with Crippen LogP contribution in [0.5, 0.6) is 0 Å². The number of nitrogens with one attached hydrogen (secondary N) is 1. The van der Waals surface area contributed by atoms with Crippen LogP contribution in [0.3, 0.4) is 0 Å². The van der Waals surface area contributed by atoms with E-state index in [1.807, 2.05) is 0 Å². The average Bonchev–Trinajstić information content (AvgIpc) is 3.37. The Morgan fingerprint density at radius 3 is 2.68 bits per heavy atom. The highest BCUT2D eigenvalue weighted by atomic mass is 32.2. The normalized spacial score (nSPS) is 17.6. The zero-order valence-corrected chi connectivity index (χ0v) is 18.5. The van der Waals surface area contributed by atoms with Gasteiger partial charge in [-0.25, -0.2) is 12.8 Å². The van der Waals surface area contributed by atoms with Crippen molar-refractivity contribution in [2.75, 3.05) is 18.4 Å². The summed E-state index contributed by atoms with van der Waals surface area (Å²) in [6.45, 7) is 3.80. The molecule has 164 valence electrons. The Labute approximate surface area is 182 Å². The fourth-order valence-corrected chi connectivity index (χ4v) is 6.22. The quantitative estimate of drug-likeness (QED) is 0.615. The molecule has 0 unspecified atom stereocenters. The van der Waals surface area contributed by atoms with Crippen LogP contribution < -0.4 is 5.32 Å². The van der Waals surface area contributed by atoms with Crippen LogP contribution in [0.1, 0.15) is 45.0 Å². The van der Waals surface area contributed by atoms with E-state index in [1.54, 1.807) is 13.8 Å². The second-order valence-electron chi connectivity index (χ2n) is 7.26. The molecule has 2 aromatic heterocycles. The molecule has 1 aromatic carbocycles. The maximum absolute atomic E-state index is 13.1. The van der Waals surface area contributed by atoms with Gasteiger partial charge in [0, 0.05) is 24.7 Å². The number of benzene rings is 1. The molecule has 1 aliphatic rings. The first kappa shape index (κ1) is 21.5. The van der Waals surface area contributed by atoms with Crippen molar-refractivity contribution in [2.45, 2.75) is 37.5 Å². The lowest BCUT2D eigenvalue weighted by molar-refractivity contribution is 0.102. The molecule has 1 fully saturated rings. The summed E-state index contributed by atoms with van der Waals surface area (Å²) in [5.41, 5.74) is 0.771. The van der Waals surface area contributed by atoms with Gasteiger partial charge in [-0.3, -0.25) is 4.79 Å². The highest BCUT2D eigenvalue weighted by Crippen LogP contribution is 2.33. The Balaban J connectivity index is 1.49. The number of hydrogen-bond donors (Lipinski definition) is 1. The van der Waals surface area contributed by atoms with Crippen LogP contribution in [-0.2, 0) is 10.0 Å². The minimum Gasteiger partial charge on any atom is -0.360 e. The van der Waals surface area contributed by atoms with E-state index in [2.05, 4.69) is 20.7 Å². The lowest BCUT2D eigenvalue weighted by Gasteiger charge is -2.30. The van der Waals surface area contributed by atoms with E-state index < -0.39 is 21.7 Å². The molecule has 12 heteroatoms. The molecule has 4 rings (SSSR count). The number of sulfonamides is 1. The fraction of sp³-hybridized carbons (Fsp3) is 0.368. The predicted molar refractivity (Wildman–Crippen MR) is 111 cm³/mol. The number of nitrogens with zero attached hydrogens (tertiary/aromatic N) is 4. The summed E-state index contributed by atoms with van der Waals surface area (Å²) < 4.78 is 45.7. The first-order valence-electron chi connectivity index (χ1n) is 9.59. The summed E-state index contributed by atoms with van der Waals surface area (Å²) in [4.78, 5) is 12.5. The van der Waals surface area contributed by atoms with Crippen molar-refractivity contribution in [3.05, 3.63) is 51.6 Å². The number of carbonyl (C=O) groups excluding carboxylic acids is 1. The smallest absolute Gasteiger partial charge is 0.286 e. The minimum absolute atomic E-state index is 0.102. The molecular weight excluding hydrogens is 445 g/mol. The van der Waals surface area contributed by atoms with Gasteiger partial charge >= 0.3 is 0 Å². The van der Waals surface area contributed by atoms with Crippen LogP contribution in [0, 0.1) is 19.7 Å². The van der Waals surface area contributed by atoms with E-state index in [4.69, 9.17) is 4.52 Å². The molecule has 1 amide bonds. The summed E-state index contributed by atoms with van der Waals surface area (Å²) in [6.07, 6.45) is 1.39. The van der Waals surface area contributed by atoms with Gasteiger partial charge in [0.1, 0.15) is 21.4 Å². The van der Waals surface area contributed by atoms with Crippen LogP contribution in [0.4, 0.5) is 10.1 Å². The monoisotopic (exact) mass is 465 g/mol. The summed E-state index contributed by atoms with van der Waals surface area (Å²) in [6, 6.07) is 5.40. The number of amides is 1. The van der Waals surface area contributed by atoms with Crippen molar-refractivity contribution < 1.29 is 22.1 Å². The number of aryl methyl sites for hydroxylation is 2. The van der Waals surface area contributed by atoms with Gasteiger partial charge in [-0.1, -0.05) is 16.5 Å². The third-order valence-corrected chi connectivity index (χ3v) is 8.23. The van der Waals surface area contributed by atoms with E-state index >= 15 is 0 Å². The topological polar surface area (TPSA) is 118 Å². The van der Waals surface area contributed by atoms with Crippen molar-refractivity contribution in [3.63, 3.8) is 0 Å². The standard InChI is InChI=1S/C19H20FN5O4S2/c1-11-16(12(2)29-24-11)31(27,28)25-9-3-4-13(10-25)18-22-23-19(30-18)17(26)21-15-7-5-14(20)6-8-15/h5-8,13H,3-4,9-10H2,1-2H3,(H,21,26)/t13-/m1/s1. The molecule has 0 radical (unpaired) electrons. The summed E-state index contributed by atoms with van der Waals surface area (Å²) >= 11 is 1.13. The van der Waals surface area contributed by atoms with Gasteiger partial charge in [0.15, 0.2) is 5.76 Å². The second kappa shape index (κ2) is 8.44. The van der Waals surface area contributed by atoms with Gasteiger partial charge in [0.05, 0.1) is 0 Å². The highest BCUT2D eigenvalue weighted by molar-refractivity contribution is 7.89. The fourth-order valence-electron chi connectivity index (χ4n) is 3.54. The van der Waals surface area contributed by atoms with Crippen LogP contribution in [0.15, 0.2) is 33.7 Å². The molecular formula is C19H20FN5O4S2. The maximum atomic E-state index is 13.1. The van der Waals surface area contributed by atoms with Gasteiger partial charge in [0.2, 0.25) is 15.0 Å². The van der Waals surface area contributed by atoms with Gasteiger partial charge in [-0.05, 0) is 51.0 Å². The minimum atomic E-state index is -3.75. The summed E-state index contributed by atoms with van der Waals surface area (Å²) in [5.74, 6) is -0.764. The first-order valence-corrected chi connectivity index (χ1v) is 11.8. The molecule has 0 saturated carbocycles. The lowest BCUT2D eigenvalue weighted by Crippen LogP contribution is -2.39. The average molecular weight is 466 g/mol. The number of carbonyl (C=O) groups is 1. The molecule has 0 aliphatic carbocycles. The molecule has 1 atom stereocenters. The zero-order valence-electron chi connectivity index (χ0n) is 16.8. The Bertz CT molecular complexity index is 1190.